The first-order valence-electron chi connectivity index (χ1n) is 4.11. The Morgan fingerprint density at radius 1 is 1.58 bits per heavy atom. The van der Waals surface area contributed by atoms with E-state index in [9.17, 15) is 4.79 Å². The third-order valence-corrected chi connectivity index (χ3v) is 2.93. The molecule has 3 nitrogen and oxygen atoms in total. The molecule has 0 amide bonds. The minimum absolute atomic E-state index is 0.197. The average molecular weight is 191 g/mol. The van der Waals surface area contributed by atoms with E-state index in [1.54, 1.807) is 11.8 Å². The molecule has 0 saturated heterocycles. The summed E-state index contributed by atoms with van der Waals surface area (Å²) in [4.78, 5) is 10.2. The van der Waals surface area contributed by atoms with Gasteiger partial charge in [-0.15, -0.1) is 0 Å². The molecule has 0 rings (SSSR count). The molecule has 2 atom stereocenters. The van der Waals surface area contributed by atoms with Crippen LogP contribution in [0.15, 0.2) is 0 Å². The summed E-state index contributed by atoms with van der Waals surface area (Å²) >= 11 is 1.74. The zero-order valence-corrected chi connectivity index (χ0v) is 8.43. The topological polar surface area (TPSA) is 63.3 Å². The van der Waals surface area contributed by atoms with Crippen LogP contribution < -0.4 is 5.73 Å². The molecule has 0 aromatic rings. The van der Waals surface area contributed by atoms with Gasteiger partial charge >= 0.3 is 5.97 Å². The van der Waals surface area contributed by atoms with Crippen molar-refractivity contribution in [3.05, 3.63) is 0 Å². The molecular weight excluding hydrogens is 174 g/mol. The molecule has 0 heterocycles. The summed E-state index contributed by atoms with van der Waals surface area (Å²) in [5.41, 5.74) is 5.56. The predicted molar refractivity (Wildman–Crippen MR) is 52.4 cm³/mol. The summed E-state index contributed by atoms with van der Waals surface area (Å²) in [7, 11) is 0. The van der Waals surface area contributed by atoms with Crippen molar-refractivity contribution in [1.29, 1.82) is 0 Å². The van der Waals surface area contributed by atoms with Crippen LogP contribution in [-0.2, 0) is 4.79 Å². The Morgan fingerprint density at radius 2 is 2.17 bits per heavy atom. The first kappa shape index (κ1) is 11.8. The predicted octanol–water partition coefficient (Wildman–Crippen LogP) is 1.32. The van der Waals surface area contributed by atoms with Crippen molar-refractivity contribution in [2.24, 2.45) is 5.73 Å². The molecule has 3 N–H and O–H groups in total. The molecule has 0 bridgehead atoms. The molecule has 12 heavy (non-hydrogen) atoms. The van der Waals surface area contributed by atoms with Gasteiger partial charge in [0, 0.05) is 23.5 Å². The summed E-state index contributed by atoms with van der Waals surface area (Å²) in [6, 6.07) is 0.197. The van der Waals surface area contributed by atoms with E-state index in [1.165, 1.54) is 0 Å². The lowest BCUT2D eigenvalue weighted by atomic mass is 10.2. The second-order valence-electron chi connectivity index (χ2n) is 3.05. The molecule has 72 valence electrons. The fraction of sp³-hybridized carbons (Fsp3) is 0.875. The van der Waals surface area contributed by atoms with Gasteiger partial charge in [-0.25, -0.2) is 0 Å². The lowest BCUT2D eigenvalue weighted by Gasteiger charge is -2.10. The highest BCUT2D eigenvalue weighted by Crippen LogP contribution is 2.15. The van der Waals surface area contributed by atoms with Crippen molar-refractivity contribution < 1.29 is 9.90 Å². The van der Waals surface area contributed by atoms with Gasteiger partial charge in [0.2, 0.25) is 0 Å². The molecule has 0 aromatic carbocycles. The highest BCUT2D eigenvalue weighted by Gasteiger charge is 2.06. The van der Waals surface area contributed by atoms with Crippen LogP contribution in [0.5, 0.6) is 0 Å². The molecule has 0 aliphatic heterocycles. The molecular formula is C8H17NO2S. The number of thioether (sulfide) groups is 1. The summed E-state index contributed by atoms with van der Waals surface area (Å²) < 4.78 is 0. The lowest BCUT2D eigenvalue weighted by molar-refractivity contribution is -0.137. The molecule has 0 aliphatic rings. The number of carboxylic acid groups (broad SMARTS) is 1. The SMILES string of the molecule is CC(N)CSC(C)CCC(=O)O. The average Bonchev–Trinajstić information content (AvgIpc) is 1.96. The second-order valence-corrected chi connectivity index (χ2v) is 4.53. The molecule has 0 aromatic heterocycles. The molecule has 0 fully saturated rings. The number of hydrogen-bond donors (Lipinski definition) is 2. The minimum Gasteiger partial charge on any atom is -0.481 e. The van der Waals surface area contributed by atoms with Crippen molar-refractivity contribution in [3.8, 4) is 0 Å². The van der Waals surface area contributed by atoms with Crippen LogP contribution >= 0.6 is 11.8 Å². The maximum Gasteiger partial charge on any atom is 0.303 e. The van der Waals surface area contributed by atoms with Gasteiger partial charge in [-0.2, -0.15) is 11.8 Å². The van der Waals surface area contributed by atoms with Crippen molar-refractivity contribution in [2.45, 2.75) is 38.0 Å². The van der Waals surface area contributed by atoms with Gasteiger partial charge in [-0.05, 0) is 13.3 Å². The standard InChI is InChI=1S/C8H17NO2S/c1-6(9)5-12-7(2)3-4-8(10)11/h6-7H,3-5,9H2,1-2H3,(H,10,11). The van der Waals surface area contributed by atoms with Crippen LogP contribution in [0, 0.1) is 0 Å². The number of rotatable bonds is 6. The smallest absolute Gasteiger partial charge is 0.303 e. The quantitative estimate of drug-likeness (QED) is 0.664. The first-order valence-corrected chi connectivity index (χ1v) is 5.16. The largest absolute Gasteiger partial charge is 0.481 e. The number of nitrogens with two attached hydrogens (primary N) is 1. The maximum absolute atomic E-state index is 10.2. The summed E-state index contributed by atoms with van der Waals surface area (Å²) in [5, 5.41) is 8.80. The highest BCUT2D eigenvalue weighted by atomic mass is 32.2. The Bertz CT molecular complexity index is 139. The van der Waals surface area contributed by atoms with E-state index in [0.717, 1.165) is 12.2 Å². The lowest BCUT2D eigenvalue weighted by Crippen LogP contribution is -2.19. The molecule has 0 spiro atoms. The number of carbonyl (C=O) groups is 1. The van der Waals surface area contributed by atoms with Gasteiger partial charge < -0.3 is 10.8 Å². The molecule has 4 heteroatoms. The fourth-order valence-corrected chi connectivity index (χ4v) is 1.64. The Hall–Kier alpha value is -0.220. The van der Waals surface area contributed by atoms with Gasteiger partial charge in [0.15, 0.2) is 0 Å². The molecule has 2 unspecified atom stereocenters. The van der Waals surface area contributed by atoms with Crippen LogP contribution in [0.2, 0.25) is 0 Å². The summed E-state index contributed by atoms with van der Waals surface area (Å²) in [5.74, 6) is 0.184. The Labute approximate surface area is 77.7 Å². The van der Waals surface area contributed by atoms with E-state index in [2.05, 4.69) is 0 Å². The van der Waals surface area contributed by atoms with Gasteiger partial charge in [0.05, 0.1) is 0 Å². The van der Waals surface area contributed by atoms with E-state index in [4.69, 9.17) is 10.8 Å². The van der Waals surface area contributed by atoms with Gasteiger partial charge in [-0.1, -0.05) is 6.92 Å². The van der Waals surface area contributed by atoms with E-state index in [-0.39, 0.29) is 12.5 Å². The van der Waals surface area contributed by atoms with E-state index in [1.807, 2.05) is 13.8 Å². The molecule has 0 radical (unpaired) electrons. The fourth-order valence-electron chi connectivity index (χ4n) is 0.726. The van der Waals surface area contributed by atoms with E-state index < -0.39 is 5.97 Å². The van der Waals surface area contributed by atoms with Crippen molar-refractivity contribution in [3.63, 3.8) is 0 Å². The zero-order chi connectivity index (χ0) is 9.56. The summed E-state index contributed by atoms with van der Waals surface area (Å²) in [6.07, 6.45) is 0.986. The zero-order valence-electron chi connectivity index (χ0n) is 7.62. The third-order valence-electron chi connectivity index (χ3n) is 1.41. The van der Waals surface area contributed by atoms with Crippen molar-refractivity contribution in [1.82, 2.24) is 0 Å². The Kier molecular flexibility index (Phi) is 6.20. The molecule has 0 saturated carbocycles. The van der Waals surface area contributed by atoms with Crippen LogP contribution in [-0.4, -0.2) is 28.1 Å². The Morgan fingerprint density at radius 3 is 2.58 bits per heavy atom. The van der Waals surface area contributed by atoms with E-state index in [0.29, 0.717) is 5.25 Å². The van der Waals surface area contributed by atoms with Crippen LogP contribution in [0.25, 0.3) is 0 Å². The van der Waals surface area contributed by atoms with Crippen molar-refractivity contribution in [2.75, 3.05) is 5.75 Å². The molecule has 0 aliphatic carbocycles. The van der Waals surface area contributed by atoms with Crippen LogP contribution in [0.3, 0.4) is 0 Å². The maximum atomic E-state index is 10.2. The third kappa shape index (κ3) is 7.88. The van der Waals surface area contributed by atoms with Crippen molar-refractivity contribution >= 4 is 17.7 Å². The van der Waals surface area contributed by atoms with Gasteiger partial charge in [0.1, 0.15) is 0 Å². The van der Waals surface area contributed by atoms with E-state index >= 15 is 0 Å². The van der Waals surface area contributed by atoms with Gasteiger partial charge in [0.25, 0.3) is 0 Å². The monoisotopic (exact) mass is 191 g/mol. The number of aliphatic carboxylic acids is 1. The van der Waals surface area contributed by atoms with Gasteiger partial charge in [-0.3, -0.25) is 4.79 Å². The Balaban J connectivity index is 3.33. The van der Waals surface area contributed by atoms with Crippen LogP contribution in [0.4, 0.5) is 0 Å². The summed E-state index contributed by atoms with van der Waals surface area (Å²) in [6.45, 7) is 3.99. The highest BCUT2D eigenvalue weighted by molar-refractivity contribution is 7.99. The normalized spacial score (nSPS) is 15.6. The second kappa shape index (κ2) is 6.31. The van der Waals surface area contributed by atoms with Crippen LogP contribution in [0.1, 0.15) is 26.7 Å². The minimum atomic E-state index is -0.719. The first-order chi connectivity index (χ1) is 5.52. The number of hydrogen-bond acceptors (Lipinski definition) is 3. The number of carboxylic acids is 1.